The number of aromatic nitrogens is 2. The van der Waals surface area contributed by atoms with Crippen molar-refractivity contribution < 1.29 is 0 Å². The number of hydrogen-bond donors (Lipinski definition) is 0. The van der Waals surface area contributed by atoms with Crippen molar-refractivity contribution in [1.82, 2.24) is 9.97 Å². The van der Waals surface area contributed by atoms with Gasteiger partial charge in [-0.1, -0.05) is 194 Å². The summed E-state index contributed by atoms with van der Waals surface area (Å²) in [6.45, 7) is 0. The topological polar surface area (TPSA) is 25.8 Å². The minimum Gasteiger partial charge on any atom is -0.228 e. The van der Waals surface area contributed by atoms with Crippen molar-refractivity contribution in [1.29, 1.82) is 0 Å². The SMILES string of the molecule is c1ccc(-c2cccc(-c3nc(-c4ccccc4)cc(-c4cccc5c4-c4ccccc4C54c5ccccc5-c5ccccc5-c5ccccc54)n3)c2)cc1. The van der Waals surface area contributed by atoms with E-state index in [-0.39, 0.29) is 0 Å². The molecule has 0 saturated carbocycles. The van der Waals surface area contributed by atoms with Crippen LogP contribution in [0.4, 0.5) is 0 Å². The van der Waals surface area contributed by atoms with Gasteiger partial charge in [0.25, 0.3) is 0 Å². The minimum atomic E-state index is -0.559. The van der Waals surface area contributed by atoms with Gasteiger partial charge in [0.1, 0.15) is 0 Å². The number of benzene rings is 8. The fourth-order valence-electron chi connectivity index (χ4n) is 9.25. The summed E-state index contributed by atoms with van der Waals surface area (Å²) in [6.07, 6.45) is 0. The highest BCUT2D eigenvalue weighted by atomic mass is 14.9. The third kappa shape index (κ3) is 4.75. The fraction of sp³-hybridized carbons (Fsp3) is 0.0189. The molecule has 11 rings (SSSR count). The molecule has 55 heavy (non-hydrogen) atoms. The predicted octanol–water partition coefficient (Wildman–Crippen LogP) is 13.2. The van der Waals surface area contributed by atoms with Crippen molar-refractivity contribution >= 4 is 0 Å². The first-order chi connectivity index (χ1) is 27.3. The Bertz CT molecular complexity index is 2860. The highest BCUT2D eigenvalue weighted by molar-refractivity contribution is 6.00. The zero-order valence-corrected chi connectivity index (χ0v) is 30.0. The summed E-state index contributed by atoms with van der Waals surface area (Å²) < 4.78 is 0. The van der Waals surface area contributed by atoms with E-state index in [4.69, 9.17) is 9.97 Å². The third-order valence-electron chi connectivity index (χ3n) is 11.5. The Balaban J connectivity index is 1.21. The van der Waals surface area contributed by atoms with E-state index in [9.17, 15) is 0 Å². The van der Waals surface area contributed by atoms with E-state index in [1.165, 1.54) is 55.6 Å². The lowest BCUT2D eigenvalue weighted by Gasteiger charge is -2.35. The lowest BCUT2D eigenvalue weighted by molar-refractivity contribution is 0.775. The molecule has 0 radical (unpaired) electrons. The molecule has 0 fully saturated rings. The van der Waals surface area contributed by atoms with Crippen LogP contribution in [-0.4, -0.2) is 9.97 Å². The Hall–Kier alpha value is -7.16. The first-order valence-corrected chi connectivity index (χ1v) is 18.9. The Morgan fingerprint density at radius 2 is 0.709 bits per heavy atom. The molecule has 0 aliphatic heterocycles. The van der Waals surface area contributed by atoms with Gasteiger partial charge in [-0.15, -0.1) is 0 Å². The Kier molecular flexibility index (Phi) is 7.11. The maximum atomic E-state index is 5.45. The summed E-state index contributed by atoms with van der Waals surface area (Å²) in [7, 11) is 0. The molecule has 1 spiro atoms. The predicted molar refractivity (Wildman–Crippen MR) is 226 cm³/mol. The highest BCUT2D eigenvalue weighted by Gasteiger charge is 2.50. The molecule has 2 aliphatic carbocycles. The second-order valence-corrected chi connectivity index (χ2v) is 14.4. The second kappa shape index (κ2) is 12.5. The summed E-state index contributed by atoms with van der Waals surface area (Å²) in [5, 5.41) is 0. The van der Waals surface area contributed by atoms with Crippen LogP contribution in [0.15, 0.2) is 206 Å². The molecule has 2 aliphatic rings. The number of nitrogens with zero attached hydrogens (tertiary/aromatic N) is 2. The van der Waals surface area contributed by atoms with Crippen LogP contribution in [-0.2, 0) is 5.41 Å². The molecule has 2 heteroatoms. The second-order valence-electron chi connectivity index (χ2n) is 14.4. The lowest BCUT2D eigenvalue weighted by Crippen LogP contribution is -2.29. The third-order valence-corrected chi connectivity index (χ3v) is 11.5. The molecule has 1 aromatic heterocycles. The van der Waals surface area contributed by atoms with E-state index < -0.39 is 5.41 Å². The maximum Gasteiger partial charge on any atom is 0.160 e. The number of rotatable bonds is 4. The lowest BCUT2D eigenvalue weighted by atomic mass is 9.66. The Morgan fingerprint density at radius 1 is 0.273 bits per heavy atom. The van der Waals surface area contributed by atoms with Gasteiger partial charge in [-0.05, 0) is 78.9 Å². The molecule has 0 N–H and O–H groups in total. The van der Waals surface area contributed by atoms with Gasteiger partial charge in [-0.2, -0.15) is 0 Å². The van der Waals surface area contributed by atoms with E-state index >= 15 is 0 Å². The van der Waals surface area contributed by atoms with Crippen LogP contribution in [0, 0.1) is 0 Å². The molecule has 8 aromatic carbocycles. The van der Waals surface area contributed by atoms with Crippen LogP contribution in [0.2, 0.25) is 0 Å². The summed E-state index contributed by atoms with van der Waals surface area (Å²) in [5.74, 6) is 0.702. The van der Waals surface area contributed by atoms with Crippen molar-refractivity contribution in [3.05, 3.63) is 229 Å². The van der Waals surface area contributed by atoms with Gasteiger partial charge in [-0.25, -0.2) is 9.97 Å². The van der Waals surface area contributed by atoms with E-state index in [1.54, 1.807) is 0 Å². The molecule has 2 nitrogen and oxygen atoms in total. The van der Waals surface area contributed by atoms with Crippen molar-refractivity contribution in [3.8, 4) is 78.4 Å². The largest absolute Gasteiger partial charge is 0.228 e. The molecule has 0 saturated heterocycles. The molecular formula is C53H34N2. The van der Waals surface area contributed by atoms with Crippen molar-refractivity contribution in [3.63, 3.8) is 0 Å². The van der Waals surface area contributed by atoms with Crippen LogP contribution in [0.5, 0.6) is 0 Å². The Morgan fingerprint density at radius 3 is 1.36 bits per heavy atom. The number of hydrogen-bond acceptors (Lipinski definition) is 2. The number of fused-ring (bicyclic) bond motifs is 12. The van der Waals surface area contributed by atoms with E-state index in [0.717, 1.165) is 39.2 Å². The molecule has 9 aromatic rings. The zero-order valence-electron chi connectivity index (χ0n) is 30.0. The maximum absolute atomic E-state index is 5.45. The minimum absolute atomic E-state index is 0.559. The summed E-state index contributed by atoms with van der Waals surface area (Å²) in [4.78, 5) is 10.7. The van der Waals surface area contributed by atoms with Gasteiger partial charge in [0.05, 0.1) is 16.8 Å². The molecule has 0 atom stereocenters. The van der Waals surface area contributed by atoms with Gasteiger partial charge in [0.2, 0.25) is 0 Å². The van der Waals surface area contributed by atoms with E-state index in [2.05, 4.69) is 206 Å². The van der Waals surface area contributed by atoms with Gasteiger partial charge >= 0.3 is 0 Å². The molecule has 256 valence electrons. The van der Waals surface area contributed by atoms with E-state index in [1.807, 2.05) is 0 Å². The molecular weight excluding hydrogens is 665 g/mol. The van der Waals surface area contributed by atoms with Crippen LogP contribution >= 0.6 is 0 Å². The molecule has 0 amide bonds. The van der Waals surface area contributed by atoms with Crippen molar-refractivity contribution in [2.24, 2.45) is 0 Å². The first kappa shape index (κ1) is 31.4. The highest BCUT2D eigenvalue weighted by Crippen LogP contribution is 2.62. The summed E-state index contributed by atoms with van der Waals surface area (Å²) in [6, 6.07) is 74.6. The van der Waals surface area contributed by atoms with Gasteiger partial charge in [-0.3, -0.25) is 0 Å². The summed E-state index contributed by atoms with van der Waals surface area (Å²) >= 11 is 0. The Labute approximate surface area is 321 Å². The average molecular weight is 699 g/mol. The fourth-order valence-corrected chi connectivity index (χ4v) is 9.25. The van der Waals surface area contributed by atoms with Crippen LogP contribution in [0.25, 0.3) is 78.4 Å². The van der Waals surface area contributed by atoms with Gasteiger partial charge in [0, 0.05) is 16.7 Å². The van der Waals surface area contributed by atoms with Gasteiger partial charge in [0.15, 0.2) is 5.82 Å². The molecule has 0 bridgehead atoms. The van der Waals surface area contributed by atoms with Gasteiger partial charge < -0.3 is 0 Å². The smallest absolute Gasteiger partial charge is 0.160 e. The quantitative estimate of drug-likeness (QED) is 0.183. The van der Waals surface area contributed by atoms with Crippen LogP contribution < -0.4 is 0 Å². The van der Waals surface area contributed by atoms with Crippen LogP contribution in [0.1, 0.15) is 22.3 Å². The molecule has 1 heterocycles. The normalized spacial score (nSPS) is 12.9. The average Bonchev–Trinajstić information content (AvgIpc) is 3.52. The molecule has 0 unspecified atom stereocenters. The standard InChI is InChI=1S/C53H34N2/c1-3-17-35(18-4-1)37-21-15-22-38(33-37)52-54-49(36-19-5-2-6-20-36)34-50(55-52)44-28-16-32-48-51(44)43-27-11-14-31-47(43)53(48)45-29-12-9-25-41(45)39-23-7-8-24-40(39)42-26-10-13-30-46(42)53/h1-34H. The first-order valence-electron chi connectivity index (χ1n) is 18.9. The van der Waals surface area contributed by atoms with Crippen LogP contribution in [0.3, 0.4) is 0 Å². The monoisotopic (exact) mass is 698 g/mol. The summed E-state index contributed by atoms with van der Waals surface area (Å²) in [5.41, 5.74) is 19.3. The van der Waals surface area contributed by atoms with E-state index in [0.29, 0.717) is 5.82 Å². The zero-order chi connectivity index (χ0) is 36.3. The van der Waals surface area contributed by atoms with Crippen molar-refractivity contribution in [2.45, 2.75) is 5.41 Å². The van der Waals surface area contributed by atoms with Crippen molar-refractivity contribution in [2.75, 3.05) is 0 Å².